The Morgan fingerprint density at radius 1 is 1.20 bits per heavy atom. The van der Waals surface area contributed by atoms with Gasteiger partial charge in [-0.15, -0.1) is 0 Å². The van der Waals surface area contributed by atoms with Gasteiger partial charge in [0.15, 0.2) is 0 Å². The first-order valence-corrected chi connectivity index (χ1v) is 6.49. The van der Waals surface area contributed by atoms with E-state index in [9.17, 15) is 4.79 Å². The zero-order valence-corrected chi connectivity index (χ0v) is 11.7. The van der Waals surface area contributed by atoms with Crippen LogP contribution in [0.1, 0.15) is 27.2 Å². The SMILES string of the molecule is COC(=O)c1ccc(CNCc2ncccc2C)cc1. The van der Waals surface area contributed by atoms with Crippen LogP contribution in [0.25, 0.3) is 0 Å². The van der Waals surface area contributed by atoms with Gasteiger partial charge in [0.25, 0.3) is 0 Å². The van der Waals surface area contributed by atoms with Crippen LogP contribution in [0.2, 0.25) is 0 Å². The fraction of sp³-hybridized carbons (Fsp3) is 0.250. The molecule has 2 rings (SSSR count). The molecule has 0 saturated carbocycles. The van der Waals surface area contributed by atoms with Gasteiger partial charge in [0.1, 0.15) is 0 Å². The highest BCUT2D eigenvalue weighted by Crippen LogP contribution is 2.07. The maximum atomic E-state index is 11.3. The monoisotopic (exact) mass is 270 g/mol. The Labute approximate surface area is 118 Å². The fourth-order valence-electron chi connectivity index (χ4n) is 1.91. The lowest BCUT2D eigenvalue weighted by Crippen LogP contribution is -2.14. The third-order valence-corrected chi connectivity index (χ3v) is 3.11. The highest BCUT2D eigenvalue weighted by atomic mass is 16.5. The third-order valence-electron chi connectivity index (χ3n) is 3.11. The molecule has 1 N–H and O–H groups in total. The number of carbonyl (C=O) groups is 1. The number of rotatable bonds is 5. The quantitative estimate of drug-likeness (QED) is 0.848. The van der Waals surface area contributed by atoms with E-state index in [1.165, 1.54) is 12.7 Å². The Bertz CT molecular complexity index is 579. The number of carbonyl (C=O) groups excluding carboxylic acids is 1. The molecule has 0 atom stereocenters. The zero-order valence-electron chi connectivity index (χ0n) is 11.7. The van der Waals surface area contributed by atoms with Crippen LogP contribution in [0.4, 0.5) is 0 Å². The Balaban J connectivity index is 1.88. The number of hydrogen-bond acceptors (Lipinski definition) is 4. The maximum Gasteiger partial charge on any atom is 0.337 e. The molecule has 0 aliphatic carbocycles. The van der Waals surface area contributed by atoms with E-state index >= 15 is 0 Å². The average Bonchev–Trinajstić information content (AvgIpc) is 2.49. The predicted octanol–water partition coefficient (Wildman–Crippen LogP) is 2.47. The van der Waals surface area contributed by atoms with Gasteiger partial charge in [-0.25, -0.2) is 4.79 Å². The third kappa shape index (κ3) is 3.65. The number of esters is 1. The summed E-state index contributed by atoms with van der Waals surface area (Å²) in [5, 5.41) is 3.34. The first-order chi connectivity index (χ1) is 9.70. The number of hydrogen-bond donors (Lipinski definition) is 1. The highest BCUT2D eigenvalue weighted by Gasteiger charge is 2.04. The molecule has 1 aromatic carbocycles. The van der Waals surface area contributed by atoms with Crippen LogP contribution >= 0.6 is 0 Å². The molecular formula is C16H18N2O2. The maximum absolute atomic E-state index is 11.3. The number of methoxy groups -OCH3 is 1. The molecule has 0 amide bonds. The number of ether oxygens (including phenoxy) is 1. The van der Waals surface area contributed by atoms with Gasteiger partial charge in [-0.1, -0.05) is 18.2 Å². The van der Waals surface area contributed by atoms with Gasteiger partial charge in [0.2, 0.25) is 0 Å². The summed E-state index contributed by atoms with van der Waals surface area (Å²) in [6.07, 6.45) is 1.80. The van der Waals surface area contributed by atoms with Gasteiger partial charge in [-0.3, -0.25) is 4.98 Å². The van der Waals surface area contributed by atoms with Crippen molar-refractivity contribution in [1.82, 2.24) is 10.3 Å². The summed E-state index contributed by atoms with van der Waals surface area (Å²) in [5.41, 5.74) is 3.92. The van der Waals surface area contributed by atoms with E-state index in [1.54, 1.807) is 18.3 Å². The molecule has 0 saturated heterocycles. The molecule has 0 bridgehead atoms. The van der Waals surface area contributed by atoms with Crippen molar-refractivity contribution in [2.75, 3.05) is 7.11 Å². The smallest absolute Gasteiger partial charge is 0.337 e. The summed E-state index contributed by atoms with van der Waals surface area (Å²) in [4.78, 5) is 15.6. The minimum absolute atomic E-state index is 0.311. The van der Waals surface area contributed by atoms with Crippen molar-refractivity contribution >= 4 is 5.97 Å². The van der Waals surface area contributed by atoms with Gasteiger partial charge >= 0.3 is 5.97 Å². The molecule has 0 fully saturated rings. The molecule has 2 aromatic rings. The summed E-state index contributed by atoms with van der Waals surface area (Å²) in [7, 11) is 1.38. The molecule has 20 heavy (non-hydrogen) atoms. The van der Waals surface area contributed by atoms with Crippen molar-refractivity contribution in [1.29, 1.82) is 0 Å². The topological polar surface area (TPSA) is 51.2 Å². The second-order valence-electron chi connectivity index (χ2n) is 4.56. The van der Waals surface area contributed by atoms with Crippen molar-refractivity contribution in [2.45, 2.75) is 20.0 Å². The number of aryl methyl sites for hydroxylation is 1. The average molecular weight is 270 g/mol. The van der Waals surface area contributed by atoms with Crippen LogP contribution in [0, 0.1) is 6.92 Å². The molecule has 1 aromatic heterocycles. The van der Waals surface area contributed by atoms with Gasteiger partial charge in [-0.2, -0.15) is 0 Å². The molecule has 4 nitrogen and oxygen atoms in total. The second-order valence-corrected chi connectivity index (χ2v) is 4.56. The Morgan fingerprint density at radius 3 is 2.60 bits per heavy atom. The second kappa shape index (κ2) is 6.82. The lowest BCUT2D eigenvalue weighted by molar-refractivity contribution is 0.0600. The van der Waals surface area contributed by atoms with E-state index in [0.717, 1.165) is 24.3 Å². The van der Waals surface area contributed by atoms with E-state index in [0.29, 0.717) is 5.56 Å². The van der Waals surface area contributed by atoms with Crippen molar-refractivity contribution in [2.24, 2.45) is 0 Å². The van der Waals surface area contributed by atoms with E-state index in [2.05, 4.69) is 28.0 Å². The van der Waals surface area contributed by atoms with Gasteiger partial charge in [-0.05, 0) is 36.2 Å². The van der Waals surface area contributed by atoms with Crippen LogP contribution in [0.3, 0.4) is 0 Å². The number of benzene rings is 1. The van der Waals surface area contributed by atoms with E-state index in [-0.39, 0.29) is 5.97 Å². The zero-order chi connectivity index (χ0) is 14.4. The molecule has 0 aliphatic rings. The summed E-state index contributed by atoms with van der Waals surface area (Å²) < 4.78 is 4.67. The lowest BCUT2D eigenvalue weighted by atomic mass is 10.1. The minimum Gasteiger partial charge on any atom is -0.465 e. The van der Waals surface area contributed by atoms with Crippen molar-refractivity contribution in [3.8, 4) is 0 Å². The first-order valence-electron chi connectivity index (χ1n) is 6.49. The molecule has 1 heterocycles. The normalized spacial score (nSPS) is 10.3. The summed E-state index contributed by atoms with van der Waals surface area (Å²) >= 11 is 0. The molecule has 0 unspecified atom stereocenters. The molecule has 104 valence electrons. The van der Waals surface area contributed by atoms with Crippen molar-refractivity contribution in [3.05, 3.63) is 65.0 Å². The Kier molecular flexibility index (Phi) is 4.85. The number of nitrogens with one attached hydrogen (secondary N) is 1. The summed E-state index contributed by atoms with van der Waals surface area (Å²) in [5.74, 6) is -0.311. The van der Waals surface area contributed by atoms with Crippen LogP contribution < -0.4 is 5.32 Å². The molecule has 0 radical (unpaired) electrons. The van der Waals surface area contributed by atoms with Crippen LogP contribution in [-0.2, 0) is 17.8 Å². The fourth-order valence-corrected chi connectivity index (χ4v) is 1.91. The molecule has 0 spiro atoms. The van der Waals surface area contributed by atoms with Crippen LogP contribution in [0.5, 0.6) is 0 Å². The number of aromatic nitrogens is 1. The van der Waals surface area contributed by atoms with Gasteiger partial charge in [0.05, 0.1) is 18.4 Å². The van der Waals surface area contributed by atoms with Crippen molar-refractivity contribution < 1.29 is 9.53 Å². The van der Waals surface area contributed by atoms with Gasteiger partial charge in [0, 0.05) is 19.3 Å². The van der Waals surface area contributed by atoms with Crippen molar-refractivity contribution in [3.63, 3.8) is 0 Å². The summed E-state index contributed by atoms with van der Waals surface area (Å²) in [6, 6.07) is 11.4. The van der Waals surface area contributed by atoms with Crippen LogP contribution in [-0.4, -0.2) is 18.1 Å². The predicted molar refractivity (Wildman–Crippen MR) is 77.3 cm³/mol. The number of pyridine rings is 1. The minimum atomic E-state index is -0.311. The summed E-state index contributed by atoms with van der Waals surface area (Å²) in [6.45, 7) is 3.51. The molecule has 4 heteroatoms. The Hall–Kier alpha value is -2.20. The lowest BCUT2D eigenvalue weighted by Gasteiger charge is -2.07. The van der Waals surface area contributed by atoms with E-state index in [1.807, 2.05) is 18.2 Å². The highest BCUT2D eigenvalue weighted by molar-refractivity contribution is 5.89. The Morgan fingerprint density at radius 2 is 1.95 bits per heavy atom. The van der Waals surface area contributed by atoms with Gasteiger partial charge < -0.3 is 10.1 Å². The van der Waals surface area contributed by atoms with Crippen LogP contribution in [0.15, 0.2) is 42.6 Å². The molecule has 0 aliphatic heterocycles. The first kappa shape index (κ1) is 14.2. The molecular weight excluding hydrogens is 252 g/mol. The van der Waals surface area contributed by atoms with E-state index < -0.39 is 0 Å². The standard InChI is InChI=1S/C16H18N2O2/c1-12-4-3-9-18-15(12)11-17-10-13-5-7-14(8-6-13)16(19)20-2/h3-9,17H,10-11H2,1-2H3. The largest absolute Gasteiger partial charge is 0.465 e. The van der Waals surface area contributed by atoms with E-state index in [4.69, 9.17) is 0 Å². The number of nitrogens with zero attached hydrogens (tertiary/aromatic N) is 1.